The summed E-state index contributed by atoms with van der Waals surface area (Å²) < 4.78 is 0. The molecule has 0 amide bonds. The van der Waals surface area contributed by atoms with Gasteiger partial charge in [-0.05, 0) is 37.1 Å². The maximum atomic E-state index is 9.28. The van der Waals surface area contributed by atoms with Gasteiger partial charge in [0, 0.05) is 48.9 Å². The van der Waals surface area contributed by atoms with Crippen LogP contribution < -0.4 is 41.9 Å². The van der Waals surface area contributed by atoms with Crippen molar-refractivity contribution < 1.29 is 98.9 Å². The van der Waals surface area contributed by atoms with Gasteiger partial charge in [-0.3, -0.25) is 11.5 Å². The second-order valence-corrected chi connectivity index (χ2v) is 5.48. The third kappa shape index (κ3) is 50.0. The van der Waals surface area contributed by atoms with Crippen molar-refractivity contribution in [2.75, 3.05) is 11.5 Å². The Hall–Kier alpha value is -3.97. The molecule has 0 saturated carbocycles. The number of pyridine rings is 2. The molecule has 19 heteroatoms. The third-order valence-corrected chi connectivity index (χ3v) is 2.54. The molecule has 20 N–H and O–H groups in total. The molecule has 0 radical (unpaired) electrons. The van der Waals surface area contributed by atoms with Crippen molar-refractivity contribution in [1.29, 1.82) is 0 Å². The Morgan fingerprint density at radius 1 is 0.649 bits per heavy atom. The summed E-state index contributed by atoms with van der Waals surface area (Å²) in [6, 6.07) is 7.72. The molecule has 18 nitrogen and oxygen atoms in total. The van der Waals surface area contributed by atoms with Crippen molar-refractivity contribution in [2.45, 2.75) is 26.7 Å². The van der Waals surface area contributed by atoms with Gasteiger partial charge >= 0.3 is 16.5 Å². The van der Waals surface area contributed by atoms with E-state index >= 15 is 0 Å². The number of carbonyl (C=O) groups is 4. The van der Waals surface area contributed by atoms with Gasteiger partial charge in [-0.2, -0.15) is 0 Å². The summed E-state index contributed by atoms with van der Waals surface area (Å²) >= 11 is 0. The number of carbonyl (C=O) groups excluding carboxylic acids is 4. The predicted octanol–water partition coefficient (Wildman–Crippen LogP) is -10.6. The van der Waals surface area contributed by atoms with Gasteiger partial charge in [0.25, 0.3) is 11.6 Å². The number of nitrogens with two attached hydrogens (primary N) is 2. The summed E-state index contributed by atoms with van der Waals surface area (Å²) in [4.78, 5) is 42.8. The zero-order chi connectivity index (χ0) is 23.7. The van der Waals surface area contributed by atoms with Crippen LogP contribution in [0.5, 0.6) is 0 Å². The topological polar surface area (TPSA) is 433 Å². The van der Waals surface area contributed by atoms with Crippen molar-refractivity contribution in [3.05, 3.63) is 47.8 Å². The molecular formula is C18H36N4NiO14+2. The fraction of sp³-hybridized carbons (Fsp3) is 0.222. The first-order valence-electron chi connectivity index (χ1n) is 8.10. The van der Waals surface area contributed by atoms with Crippen molar-refractivity contribution in [2.24, 2.45) is 0 Å². The van der Waals surface area contributed by atoms with Gasteiger partial charge in [-0.25, -0.2) is 9.97 Å². The van der Waals surface area contributed by atoms with E-state index in [1.807, 2.05) is 50.5 Å². The van der Waals surface area contributed by atoms with Gasteiger partial charge in [0.1, 0.15) is 0 Å². The van der Waals surface area contributed by atoms with Crippen LogP contribution in [0.15, 0.2) is 36.7 Å². The van der Waals surface area contributed by atoms with Crippen LogP contribution >= 0.6 is 0 Å². The summed E-state index contributed by atoms with van der Waals surface area (Å²) in [5.41, 5.74) is 13.2. The molecule has 220 valence electrons. The molecule has 37 heavy (non-hydrogen) atoms. The molecule has 0 atom stereocenters. The number of hydrogen-bond donors (Lipinski definition) is 2. The number of nitrogen functional groups attached to an aromatic ring is 2. The molecule has 0 saturated heterocycles. The number of carboxylic acid groups (broad SMARTS) is 4. The predicted molar refractivity (Wildman–Crippen MR) is 118 cm³/mol. The van der Waals surface area contributed by atoms with E-state index in [0.717, 1.165) is 0 Å². The Bertz CT molecular complexity index is 731. The molecule has 0 aliphatic carbocycles. The molecule has 2 heterocycles. The van der Waals surface area contributed by atoms with Crippen LogP contribution in [0, 0.1) is 13.8 Å². The van der Waals surface area contributed by atoms with E-state index in [0.29, 0.717) is 11.6 Å². The summed E-state index contributed by atoms with van der Waals surface area (Å²) in [6.45, 7) is 4.01. The van der Waals surface area contributed by atoms with Gasteiger partial charge in [0.05, 0.1) is 12.4 Å². The van der Waals surface area contributed by atoms with Crippen LogP contribution in [0.2, 0.25) is 0 Å². The number of aliphatic carboxylic acids is 4. The first-order valence-corrected chi connectivity index (χ1v) is 8.10. The first kappa shape index (κ1) is 58.7. The maximum absolute atomic E-state index is 9.28. The van der Waals surface area contributed by atoms with E-state index < -0.39 is 36.7 Å². The Balaban J connectivity index is -0.0000000381. The molecular weight excluding hydrogens is 555 g/mol. The molecule has 0 aromatic carbocycles. The molecule has 2 aromatic heterocycles. The van der Waals surface area contributed by atoms with Crippen molar-refractivity contribution in [1.82, 2.24) is 0 Å². The quantitative estimate of drug-likeness (QED) is 0.192. The summed E-state index contributed by atoms with van der Waals surface area (Å²) in [7, 11) is 0. The SMILES string of the molecule is Cc1cc[nH+]c(N)c1.Cc1cc[nH+]c(N)c1.O.O.O.O.O=C([O-])CC(=O)[O-].O=C([O-])CC(=O)[O-].[Ni+2].[OH3+].[OH3+]. The third-order valence-electron chi connectivity index (χ3n) is 2.54. The number of carboxylic acids is 4. The van der Waals surface area contributed by atoms with Gasteiger partial charge in [-0.1, -0.05) is 0 Å². The summed E-state index contributed by atoms with van der Waals surface area (Å²) in [6.07, 6.45) is 1.59. The van der Waals surface area contributed by atoms with Crippen LogP contribution in [-0.4, -0.2) is 45.8 Å². The minimum Gasteiger partial charge on any atom is -0.550 e. The number of aromatic nitrogens is 2. The van der Waals surface area contributed by atoms with Crippen LogP contribution in [0.3, 0.4) is 0 Å². The second-order valence-electron chi connectivity index (χ2n) is 5.48. The van der Waals surface area contributed by atoms with E-state index in [9.17, 15) is 39.6 Å². The van der Waals surface area contributed by atoms with Crippen molar-refractivity contribution in [3.63, 3.8) is 0 Å². The van der Waals surface area contributed by atoms with E-state index in [-0.39, 0.29) is 49.3 Å². The minimum atomic E-state index is -1.63. The Labute approximate surface area is 220 Å². The van der Waals surface area contributed by atoms with Gasteiger partial charge in [-0.15, -0.1) is 0 Å². The largest absolute Gasteiger partial charge is 2.00 e. The summed E-state index contributed by atoms with van der Waals surface area (Å²) in [5.74, 6) is -5.07. The van der Waals surface area contributed by atoms with Crippen molar-refractivity contribution >= 4 is 35.5 Å². The van der Waals surface area contributed by atoms with E-state index in [2.05, 4.69) is 9.97 Å². The van der Waals surface area contributed by atoms with E-state index in [1.165, 1.54) is 11.1 Å². The molecule has 0 spiro atoms. The zero-order valence-electron chi connectivity index (χ0n) is 19.8. The van der Waals surface area contributed by atoms with Gasteiger partial charge in [0.15, 0.2) is 0 Å². The molecule has 2 aromatic rings. The molecule has 0 unspecified atom stereocenters. The number of rotatable bonds is 4. The smallest absolute Gasteiger partial charge is 0.550 e. The zero-order valence-corrected chi connectivity index (χ0v) is 20.8. The van der Waals surface area contributed by atoms with Crippen molar-refractivity contribution in [3.8, 4) is 0 Å². The van der Waals surface area contributed by atoms with Crippen LogP contribution in [0.25, 0.3) is 0 Å². The number of hydrogen-bond acceptors (Lipinski definition) is 10. The standard InChI is InChI=1S/2C6H8N2.2C3H4O4.Ni.6H2O/c2*1-5-2-3-8-6(7)4-5;2*4-2(5)1-3(6)7;;;;;;;/h2*2-4H,1H3,(H2,7,8);2*1H2,(H,4,5)(H,6,7);;6*1H2/q;;;;+2;;;;;;. The van der Waals surface area contributed by atoms with Gasteiger partial charge < -0.3 is 72.5 Å². The number of aromatic amines is 2. The first-order chi connectivity index (χ1) is 13.8. The Morgan fingerprint density at radius 2 is 0.865 bits per heavy atom. The molecule has 0 aliphatic heterocycles. The van der Waals surface area contributed by atoms with Crippen LogP contribution in [-0.2, 0) is 46.6 Å². The fourth-order valence-corrected chi connectivity index (χ4v) is 1.44. The Kier molecular flexibility index (Phi) is 54.2. The Morgan fingerprint density at radius 3 is 0.946 bits per heavy atom. The molecule has 0 bridgehead atoms. The summed E-state index contributed by atoms with van der Waals surface area (Å²) in [5, 5.41) is 37.1. The normalized spacial score (nSPS) is 6.97. The number of anilines is 2. The van der Waals surface area contributed by atoms with E-state index in [4.69, 9.17) is 11.5 Å². The molecule has 0 fully saturated rings. The second kappa shape index (κ2) is 34.2. The van der Waals surface area contributed by atoms with Crippen LogP contribution in [0.4, 0.5) is 11.6 Å². The number of H-pyrrole nitrogens is 2. The number of aryl methyl sites for hydroxylation is 2. The minimum absolute atomic E-state index is 0. The molecule has 0 aliphatic rings. The van der Waals surface area contributed by atoms with Gasteiger partial charge in [0.2, 0.25) is 0 Å². The fourth-order valence-electron chi connectivity index (χ4n) is 1.44. The average molecular weight is 591 g/mol. The maximum Gasteiger partial charge on any atom is 2.00 e. The monoisotopic (exact) mass is 590 g/mol. The number of nitrogens with one attached hydrogen (secondary N) is 2. The van der Waals surface area contributed by atoms with Crippen LogP contribution in [0.1, 0.15) is 24.0 Å². The molecule has 2 rings (SSSR count). The van der Waals surface area contributed by atoms with E-state index in [1.54, 1.807) is 0 Å². The average Bonchev–Trinajstić information content (AvgIpc) is 2.53.